The first-order valence-corrected chi connectivity index (χ1v) is 15.6. The lowest BCUT2D eigenvalue weighted by Gasteiger charge is -2.10. The third kappa shape index (κ3) is 9.90. The van der Waals surface area contributed by atoms with E-state index in [0.717, 1.165) is 18.2 Å². The van der Waals surface area contributed by atoms with Gasteiger partial charge in [0.2, 0.25) is 0 Å². The van der Waals surface area contributed by atoms with E-state index in [2.05, 4.69) is 25.0 Å². The summed E-state index contributed by atoms with van der Waals surface area (Å²) in [6.45, 7) is -0.992. The summed E-state index contributed by atoms with van der Waals surface area (Å²) in [5, 5.41) is 11.9. The Labute approximate surface area is 216 Å². The molecule has 0 aliphatic carbocycles. The van der Waals surface area contributed by atoms with Crippen molar-refractivity contribution in [3.63, 3.8) is 0 Å². The van der Waals surface area contributed by atoms with Gasteiger partial charge in [-0.3, -0.25) is 13.7 Å². The molecule has 0 heterocycles. The van der Waals surface area contributed by atoms with Crippen LogP contribution in [0.4, 0.5) is 27.5 Å². The molecule has 0 saturated carbocycles. The fraction of sp³-hybridized carbons (Fsp3) is 0.188. The van der Waals surface area contributed by atoms with Crippen LogP contribution in [0.2, 0.25) is 0 Å². The molecule has 0 aliphatic rings. The van der Waals surface area contributed by atoms with Crippen molar-refractivity contribution < 1.29 is 56.3 Å². The highest BCUT2D eigenvalue weighted by Crippen LogP contribution is 2.33. The average molecular weight is 618 g/mol. The molecule has 0 aliphatic heterocycles. The third-order valence-corrected chi connectivity index (χ3v) is 7.66. The van der Waals surface area contributed by atoms with Gasteiger partial charge < -0.3 is 16.4 Å². The number of nitrogens with one attached hydrogen (secondary N) is 2. The summed E-state index contributed by atoms with van der Waals surface area (Å²) >= 11 is 0. The Morgan fingerprint density at radius 1 is 0.895 bits per heavy atom. The number of nitrogens with two attached hydrogens (primary N) is 1. The van der Waals surface area contributed by atoms with Gasteiger partial charge in [-0.25, -0.2) is 17.4 Å². The monoisotopic (exact) mass is 617 g/mol. The minimum Gasteiger partial charge on any atom is -0.370 e. The first-order valence-electron chi connectivity index (χ1n) is 9.54. The van der Waals surface area contributed by atoms with Gasteiger partial charge in [0.15, 0.2) is 9.84 Å². The van der Waals surface area contributed by atoms with Crippen LogP contribution in [0.15, 0.2) is 56.4 Å². The standard InChI is InChI=1S/C16H19N5O13S4/c17-16(22)19-14-7-10(18-9-36(25,26)27)1-3-12(14)20-21-13-4-2-11(8-15(13)37(28,29)30)35(23,24)6-5-34-38(31,32)33/h1-4,7-8,18H,5-6,9H2,(H3,17,19,22)(H,25,26,27)(H,28,29,30)(H,31,32,33). The highest BCUT2D eigenvalue weighted by molar-refractivity contribution is 7.91. The van der Waals surface area contributed by atoms with E-state index in [-0.39, 0.29) is 17.1 Å². The number of azo groups is 1. The number of sulfone groups is 1. The van der Waals surface area contributed by atoms with E-state index in [1.807, 2.05) is 0 Å². The highest BCUT2D eigenvalue weighted by atomic mass is 32.3. The summed E-state index contributed by atoms with van der Waals surface area (Å²) in [7, 11) is -18.8. The number of anilines is 2. The van der Waals surface area contributed by atoms with Crippen molar-refractivity contribution in [1.29, 1.82) is 0 Å². The third-order valence-electron chi connectivity index (χ3n) is 4.13. The fourth-order valence-corrected chi connectivity index (χ4v) is 5.18. The van der Waals surface area contributed by atoms with Crippen molar-refractivity contribution in [3.05, 3.63) is 36.4 Å². The topological polar surface area (TPSA) is 298 Å². The lowest BCUT2D eigenvalue weighted by Crippen LogP contribution is -2.19. The Morgan fingerprint density at radius 3 is 2.05 bits per heavy atom. The maximum absolute atomic E-state index is 12.4. The number of hydrogen-bond acceptors (Lipinski definition) is 13. The number of amides is 2. The number of carbonyl (C=O) groups excluding carboxylic acids is 1. The van der Waals surface area contributed by atoms with E-state index in [0.29, 0.717) is 6.07 Å². The van der Waals surface area contributed by atoms with E-state index in [4.69, 9.17) is 14.8 Å². The second kappa shape index (κ2) is 11.6. The molecule has 210 valence electrons. The second-order valence-corrected chi connectivity index (χ2v) is 13.0. The van der Waals surface area contributed by atoms with Crippen LogP contribution in [0.5, 0.6) is 0 Å². The Balaban J connectivity index is 2.45. The van der Waals surface area contributed by atoms with E-state index in [1.165, 1.54) is 12.1 Å². The number of rotatable bonds is 12. The molecule has 0 saturated heterocycles. The summed E-state index contributed by atoms with van der Waals surface area (Å²) in [6, 6.07) is 4.76. The molecule has 0 bridgehead atoms. The molecule has 0 atom stereocenters. The largest absolute Gasteiger partial charge is 0.397 e. The molecular formula is C16H19N5O13S4. The van der Waals surface area contributed by atoms with E-state index >= 15 is 0 Å². The number of benzene rings is 2. The molecule has 0 fully saturated rings. The lowest BCUT2D eigenvalue weighted by atomic mass is 10.2. The van der Waals surface area contributed by atoms with Crippen LogP contribution in [0.3, 0.4) is 0 Å². The Hall–Kier alpha value is -3.25. The number of urea groups is 1. The van der Waals surface area contributed by atoms with Crippen molar-refractivity contribution in [1.82, 2.24) is 0 Å². The molecule has 18 nitrogen and oxygen atoms in total. The molecular weight excluding hydrogens is 598 g/mol. The van der Waals surface area contributed by atoms with Crippen LogP contribution < -0.4 is 16.4 Å². The number of hydrogen-bond donors (Lipinski definition) is 6. The molecule has 2 rings (SSSR count). The molecule has 0 radical (unpaired) electrons. The average Bonchev–Trinajstić information content (AvgIpc) is 2.74. The summed E-state index contributed by atoms with van der Waals surface area (Å²) in [5.74, 6) is -1.86. The Bertz CT molecular complexity index is 1690. The first kappa shape index (κ1) is 31.0. The second-order valence-electron chi connectivity index (χ2n) is 7.00. The quantitative estimate of drug-likeness (QED) is 0.141. The van der Waals surface area contributed by atoms with Crippen molar-refractivity contribution in [2.24, 2.45) is 16.0 Å². The molecule has 2 aromatic rings. The SMILES string of the molecule is NC(=O)Nc1cc(NCS(=O)(=O)O)ccc1N=Nc1ccc(S(=O)(=O)CCOS(=O)(=O)O)cc1S(=O)(=O)O. The van der Waals surface area contributed by atoms with Crippen LogP contribution in [-0.2, 0) is 44.7 Å². The van der Waals surface area contributed by atoms with Gasteiger partial charge in [0.1, 0.15) is 22.1 Å². The van der Waals surface area contributed by atoms with Crippen molar-refractivity contribution in [2.75, 3.05) is 28.9 Å². The normalized spacial score (nSPS) is 12.9. The zero-order chi connectivity index (χ0) is 28.9. The van der Waals surface area contributed by atoms with Crippen molar-refractivity contribution >= 4 is 69.3 Å². The predicted molar refractivity (Wildman–Crippen MR) is 130 cm³/mol. The van der Waals surface area contributed by atoms with Crippen molar-refractivity contribution in [3.8, 4) is 0 Å². The smallest absolute Gasteiger partial charge is 0.370 e. The minimum absolute atomic E-state index is 0.0801. The van der Waals surface area contributed by atoms with Crippen LogP contribution >= 0.6 is 0 Å². The van der Waals surface area contributed by atoms with Crippen molar-refractivity contribution in [2.45, 2.75) is 9.79 Å². The molecule has 38 heavy (non-hydrogen) atoms. The molecule has 7 N–H and O–H groups in total. The zero-order valence-corrected chi connectivity index (χ0v) is 21.9. The maximum Gasteiger partial charge on any atom is 0.397 e. The Kier molecular flexibility index (Phi) is 9.49. The minimum atomic E-state index is -5.09. The summed E-state index contributed by atoms with van der Waals surface area (Å²) < 4.78 is 122. The van der Waals surface area contributed by atoms with Gasteiger partial charge >= 0.3 is 16.4 Å². The van der Waals surface area contributed by atoms with E-state index in [9.17, 15) is 43.0 Å². The Morgan fingerprint density at radius 2 is 1.50 bits per heavy atom. The summed E-state index contributed by atoms with van der Waals surface area (Å²) in [4.78, 5) is 9.65. The molecule has 0 spiro atoms. The summed E-state index contributed by atoms with van der Waals surface area (Å²) in [6.07, 6.45) is 0. The molecule has 2 amide bonds. The fourth-order valence-electron chi connectivity index (χ4n) is 2.59. The molecule has 0 unspecified atom stereocenters. The summed E-state index contributed by atoms with van der Waals surface area (Å²) in [5.41, 5.74) is 4.31. The van der Waals surface area contributed by atoms with Gasteiger partial charge in [0.05, 0.1) is 22.9 Å². The van der Waals surface area contributed by atoms with Gasteiger partial charge in [-0.2, -0.15) is 25.3 Å². The lowest BCUT2D eigenvalue weighted by molar-refractivity contribution is 0.259. The van der Waals surface area contributed by atoms with Gasteiger partial charge in [-0.05, 0) is 36.4 Å². The number of carbonyl (C=O) groups is 1. The first-order chi connectivity index (χ1) is 17.3. The van der Waals surface area contributed by atoms with Gasteiger partial charge in [0, 0.05) is 5.69 Å². The highest BCUT2D eigenvalue weighted by Gasteiger charge is 2.23. The number of primary amides is 1. The number of nitrogens with zero attached hydrogens (tertiary/aromatic N) is 2. The van der Waals surface area contributed by atoms with Gasteiger partial charge in [0.25, 0.3) is 20.2 Å². The van der Waals surface area contributed by atoms with Crippen LogP contribution in [-0.4, -0.2) is 71.6 Å². The van der Waals surface area contributed by atoms with Crippen LogP contribution in [0.25, 0.3) is 0 Å². The van der Waals surface area contributed by atoms with E-state index in [1.54, 1.807) is 0 Å². The molecule has 2 aromatic carbocycles. The van der Waals surface area contributed by atoms with E-state index < -0.39 is 80.2 Å². The van der Waals surface area contributed by atoms with Gasteiger partial charge in [-0.15, -0.1) is 10.2 Å². The maximum atomic E-state index is 12.4. The zero-order valence-electron chi connectivity index (χ0n) is 18.6. The van der Waals surface area contributed by atoms with Gasteiger partial charge in [-0.1, -0.05) is 0 Å². The predicted octanol–water partition coefficient (Wildman–Crippen LogP) is 0.690. The molecule has 22 heteroatoms. The van der Waals surface area contributed by atoms with Crippen LogP contribution in [0, 0.1) is 0 Å². The van der Waals surface area contributed by atoms with Crippen LogP contribution in [0.1, 0.15) is 0 Å². The molecule has 0 aromatic heterocycles.